The number of anilines is 1. The number of nitrogens with zero attached hydrogens (tertiary/aromatic N) is 2. The number of nitrogens with two attached hydrogens (primary N) is 1. The van der Waals surface area contributed by atoms with Crippen molar-refractivity contribution in [3.63, 3.8) is 0 Å². The molecule has 4 nitrogen and oxygen atoms in total. The van der Waals surface area contributed by atoms with Crippen LogP contribution in [0.1, 0.15) is 18.4 Å². The third-order valence-corrected chi connectivity index (χ3v) is 3.68. The summed E-state index contributed by atoms with van der Waals surface area (Å²) in [7, 11) is 0. The van der Waals surface area contributed by atoms with Gasteiger partial charge in [0.2, 0.25) is 5.91 Å². The molecule has 0 radical (unpaired) electrons. The van der Waals surface area contributed by atoms with Gasteiger partial charge in [0, 0.05) is 38.3 Å². The second-order valence-corrected chi connectivity index (χ2v) is 5.05. The highest BCUT2D eigenvalue weighted by Gasteiger charge is 2.21. The Morgan fingerprint density at radius 1 is 1.14 bits per heavy atom. The van der Waals surface area contributed by atoms with Gasteiger partial charge >= 0.3 is 0 Å². The lowest BCUT2D eigenvalue weighted by molar-refractivity contribution is -0.131. The first-order valence-corrected chi connectivity index (χ1v) is 7.01. The molecule has 0 aromatic heterocycles. The molecule has 120 valence electrons. The summed E-state index contributed by atoms with van der Waals surface area (Å²) in [6.45, 7) is 6.19. The summed E-state index contributed by atoms with van der Waals surface area (Å²) in [5.74, 6) is 0.245. The molecule has 1 amide bonds. The van der Waals surface area contributed by atoms with Crippen LogP contribution in [0.4, 0.5) is 5.69 Å². The molecule has 0 atom stereocenters. The van der Waals surface area contributed by atoms with E-state index >= 15 is 0 Å². The van der Waals surface area contributed by atoms with E-state index in [1.54, 1.807) is 0 Å². The van der Waals surface area contributed by atoms with Crippen LogP contribution in [0.25, 0.3) is 0 Å². The molecule has 1 aliphatic heterocycles. The first kappa shape index (κ1) is 20.0. The molecule has 0 saturated carbocycles. The van der Waals surface area contributed by atoms with Crippen LogP contribution in [0, 0.1) is 6.92 Å². The van der Waals surface area contributed by atoms with Gasteiger partial charge in [-0.05, 0) is 31.5 Å². The minimum atomic E-state index is 0. The third kappa shape index (κ3) is 5.38. The summed E-state index contributed by atoms with van der Waals surface area (Å²) in [6.07, 6.45) is 1.37. The molecule has 1 heterocycles. The summed E-state index contributed by atoms with van der Waals surface area (Å²) in [5.41, 5.74) is 8.03. The van der Waals surface area contributed by atoms with Crippen molar-refractivity contribution in [1.82, 2.24) is 4.90 Å². The van der Waals surface area contributed by atoms with Gasteiger partial charge in [0.05, 0.1) is 0 Å². The molecule has 1 saturated heterocycles. The van der Waals surface area contributed by atoms with Crippen molar-refractivity contribution in [2.45, 2.75) is 19.8 Å². The van der Waals surface area contributed by atoms with Crippen molar-refractivity contribution in [1.29, 1.82) is 0 Å². The van der Waals surface area contributed by atoms with E-state index in [0.717, 1.165) is 32.6 Å². The fourth-order valence-corrected chi connectivity index (χ4v) is 2.53. The van der Waals surface area contributed by atoms with Gasteiger partial charge in [0.1, 0.15) is 0 Å². The zero-order valence-electron chi connectivity index (χ0n) is 12.5. The number of rotatable bonds is 4. The Labute approximate surface area is 139 Å². The van der Waals surface area contributed by atoms with E-state index in [2.05, 4.69) is 36.1 Å². The van der Waals surface area contributed by atoms with Gasteiger partial charge in [-0.2, -0.15) is 0 Å². The number of benzene rings is 1. The van der Waals surface area contributed by atoms with Crippen molar-refractivity contribution in [3.05, 3.63) is 29.8 Å². The van der Waals surface area contributed by atoms with E-state index in [4.69, 9.17) is 5.73 Å². The van der Waals surface area contributed by atoms with Crippen molar-refractivity contribution in [2.24, 2.45) is 5.73 Å². The van der Waals surface area contributed by atoms with E-state index in [1.165, 1.54) is 11.3 Å². The maximum absolute atomic E-state index is 11.9. The first-order valence-electron chi connectivity index (χ1n) is 7.01. The van der Waals surface area contributed by atoms with Crippen LogP contribution in [0.3, 0.4) is 0 Å². The Morgan fingerprint density at radius 2 is 1.76 bits per heavy atom. The highest BCUT2D eigenvalue weighted by molar-refractivity contribution is 5.85. The normalized spacial score (nSPS) is 14.2. The van der Waals surface area contributed by atoms with Gasteiger partial charge in [0.15, 0.2) is 0 Å². The van der Waals surface area contributed by atoms with Gasteiger partial charge in [-0.3, -0.25) is 4.79 Å². The number of para-hydroxylation sites is 1. The summed E-state index contributed by atoms with van der Waals surface area (Å²) < 4.78 is 0. The molecular weight excluding hydrogens is 309 g/mol. The average Bonchev–Trinajstić information content (AvgIpc) is 2.45. The monoisotopic (exact) mass is 333 g/mol. The zero-order valence-corrected chi connectivity index (χ0v) is 14.1. The third-order valence-electron chi connectivity index (χ3n) is 3.68. The van der Waals surface area contributed by atoms with Crippen LogP contribution in [0.2, 0.25) is 0 Å². The topological polar surface area (TPSA) is 49.6 Å². The SMILES string of the molecule is Cc1ccccc1N1CCN(C(=O)CCCN)CC1.Cl.Cl. The van der Waals surface area contributed by atoms with Gasteiger partial charge in [-0.1, -0.05) is 18.2 Å². The molecule has 1 fully saturated rings. The van der Waals surface area contributed by atoms with Gasteiger partial charge < -0.3 is 15.5 Å². The second-order valence-electron chi connectivity index (χ2n) is 5.05. The lowest BCUT2D eigenvalue weighted by Crippen LogP contribution is -2.49. The number of carbonyl (C=O) groups excluding carboxylic acids is 1. The number of carbonyl (C=O) groups is 1. The number of aryl methyl sites for hydroxylation is 1. The Bertz CT molecular complexity index is 435. The molecule has 1 aromatic rings. The number of hydrogen-bond acceptors (Lipinski definition) is 3. The minimum Gasteiger partial charge on any atom is -0.368 e. The number of amides is 1. The lowest BCUT2D eigenvalue weighted by Gasteiger charge is -2.36. The molecule has 0 bridgehead atoms. The molecule has 0 aliphatic carbocycles. The van der Waals surface area contributed by atoms with Crippen LogP contribution in [-0.4, -0.2) is 43.5 Å². The first-order chi connectivity index (χ1) is 9.22. The van der Waals surface area contributed by atoms with Crippen molar-refractivity contribution in [3.8, 4) is 0 Å². The summed E-state index contributed by atoms with van der Waals surface area (Å²) in [4.78, 5) is 16.2. The summed E-state index contributed by atoms with van der Waals surface area (Å²) >= 11 is 0. The Hall–Kier alpha value is -0.970. The second kappa shape index (κ2) is 9.87. The van der Waals surface area contributed by atoms with Crippen LogP contribution in [0.5, 0.6) is 0 Å². The maximum Gasteiger partial charge on any atom is 0.222 e. The van der Waals surface area contributed by atoms with E-state index in [1.807, 2.05) is 4.90 Å². The van der Waals surface area contributed by atoms with E-state index in [9.17, 15) is 4.79 Å². The smallest absolute Gasteiger partial charge is 0.222 e. The van der Waals surface area contributed by atoms with Gasteiger partial charge in [0.25, 0.3) is 0 Å². The molecule has 0 spiro atoms. The Balaban J connectivity index is 0.00000200. The van der Waals surface area contributed by atoms with Gasteiger partial charge in [-0.25, -0.2) is 0 Å². The maximum atomic E-state index is 11.9. The summed E-state index contributed by atoms with van der Waals surface area (Å²) in [6, 6.07) is 8.42. The summed E-state index contributed by atoms with van der Waals surface area (Å²) in [5, 5.41) is 0. The number of hydrogen-bond donors (Lipinski definition) is 1. The van der Waals surface area contributed by atoms with Crippen LogP contribution < -0.4 is 10.6 Å². The Kier molecular flexibility index (Phi) is 9.42. The predicted octanol–water partition coefficient (Wildman–Crippen LogP) is 2.23. The van der Waals surface area contributed by atoms with E-state index in [-0.39, 0.29) is 30.7 Å². The highest BCUT2D eigenvalue weighted by Crippen LogP contribution is 2.20. The molecule has 0 unspecified atom stereocenters. The quantitative estimate of drug-likeness (QED) is 0.919. The molecular formula is C15H25Cl2N3O. The largest absolute Gasteiger partial charge is 0.368 e. The molecule has 6 heteroatoms. The molecule has 2 rings (SSSR count). The number of halogens is 2. The van der Waals surface area contributed by atoms with Gasteiger partial charge in [-0.15, -0.1) is 24.8 Å². The molecule has 1 aromatic carbocycles. The predicted molar refractivity (Wildman–Crippen MR) is 92.8 cm³/mol. The highest BCUT2D eigenvalue weighted by atomic mass is 35.5. The Morgan fingerprint density at radius 3 is 2.33 bits per heavy atom. The minimum absolute atomic E-state index is 0. The van der Waals surface area contributed by atoms with Crippen molar-refractivity contribution >= 4 is 36.4 Å². The lowest BCUT2D eigenvalue weighted by atomic mass is 10.1. The standard InChI is InChI=1S/C15H23N3O.2ClH/c1-13-5-2-3-6-14(13)17-9-11-18(12-10-17)15(19)7-4-8-16;;/h2-3,5-6H,4,7-12,16H2,1H3;2*1H. The van der Waals surface area contributed by atoms with Crippen molar-refractivity contribution < 1.29 is 4.79 Å². The fourth-order valence-electron chi connectivity index (χ4n) is 2.53. The van der Waals surface area contributed by atoms with Crippen LogP contribution in [-0.2, 0) is 4.79 Å². The van der Waals surface area contributed by atoms with E-state index in [0.29, 0.717) is 13.0 Å². The van der Waals surface area contributed by atoms with Crippen molar-refractivity contribution in [2.75, 3.05) is 37.6 Å². The molecule has 2 N–H and O–H groups in total. The average molecular weight is 334 g/mol. The van der Waals surface area contributed by atoms with E-state index < -0.39 is 0 Å². The fraction of sp³-hybridized carbons (Fsp3) is 0.533. The molecule has 1 aliphatic rings. The van der Waals surface area contributed by atoms with Crippen LogP contribution in [0.15, 0.2) is 24.3 Å². The van der Waals surface area contributed by atoms with Crippen LogP contribution >= 0.6 is 24.8 Å². The molecule has 21 heavy (non-hydrogen) atoms. The zero-order chi connectivity index (χ0) is 13.7. The number of piperazine rings is 1.